The maximum absolute atomic E-state index is 13.2. The molecule has 1 aromatic carbocycles. The van der Waals surface area contributed by atoms with E-state index in [9.17, 15) is 9.18 Å². The van der Waals surface area contributed by atoms with Crippen LogP contribution in [0.3, 0.4) is 0 Å². The number of rotatable bonds is 6. The van der Waals surface area contributed by atoms with Gasteiger partial charge in [0.25, 0.3) is 0 Å². The summed E-state index contributed by atoms with van der Waals surface area (Å²) in [5.74, 6) is -0.151. The number of imidazole rings is 1. The molecule has 9 heteroatoms. The minimum Gasteiger partial charge on any atom is -0.335 e. The van der Waals surface area contributed by atoms with E-state index in [1.54, 1.807) is 24.7 Å². The van der Waals surface area contributed by atoms with Crippen molar-refractivity contribution < 1.29 is 9.18 Å². The average Bonchev–Trinajstić information content (AvgIpc) is 3.33. The van der Waals surface area contributed by atoms with Gasteiger partial charge in [-0.2, -0.15) is 0 Å². The quantitative estimate of drug-likeness (QED) is 0.596. The zero-order valence-electron chi connectivity index (χ0n) is 16.0. The normalized spacial score (nSPS) is 16.4. The largest absolute Gasteiger partial charge is 0.335 e. The van der Waals surface area contributed by atoms with Gasteiger partial charge in [-0.3, -0.25) is 9.69 Å². The number of halogens is 2. The lowest BCUT2D eigenvalue weighted by Gasteiger charge is -2.34. The van der Waals surface area contributed by atoms with Gasteiger partial charge in [0.1, 0.15) is 5.82 Å². The third-order valence-corrected chi connectivity index (χ3v) is 6.27. The van der Waals surface area contributed by atoms with Crippen molar-refractivity contribution in [2.75, 3.05) is 19.6 Å². The van der Waals surface area contributed by atoms with Gasteiger partial charge in [-0.25, -0.2) is 14.4 Å². The Morgan fingerprint density at radius 1 is 1.21 bits per heavy atom. The highest BCUT2D eigenvalue weighted by Crippen LogP contribution is 2.23. The summed E-state index contributed by atoms with van der Waals surface area (Å²) >= 11 is 7.28. The van der Waals surface area contributed by atoms with Gasteiger partial charge in [-0.05, 0) is 24.6 Å². The molecule has 1 saturated heterocycles. The molecular weight excluding hydrogens is 413 g/mol. The van der Waals surface area contributed by atoms with Gasteiger partial charge < -0.3 is 9.47 Å². The summed E-state index contributed by atoms with van der Waals surface area (Å²) in [7, 11) is 0. The lowest BCUT2D eigenvalue weighted by atomic mass is 10.1. The van der Waals surface area contributed by atoms with E-state index in [2.05, 4.69) is 26.4 Å². The Hall–Kier alpha value is -2.29. The van der Waals surface area contributed by atoms with Crippen molar-refractivity contribution in [1.82, 2.24) is 24.3 Å². The van der Waals surface area contributed by atoms with Crippen molar-refractivity contribution >= 4 is 28.8 Å². The fraction of sp³-hybridized carbons (Fsp3) is 0.350. The first-order valence-electron chi connectivity index (χ1n) is 9.36. The van der Waals surface area contributed by atoms with E-state index in [1.165, 1.54) is 23.5 Å². The SMILES string of the molecule is CC(c1ccc(F)cc1)n1cncc1CN1CCN(Cc2cnc(Cl)s2)C(=O)C1. The van der Waals surface area contributed by atoms with Gasteiger partial charge in [0.05, 0.1) is 31.2 Å². The number of amides is 1. The minimum absolute atomic E-state index is 0.0289. The zero-order valence-corrected chi connectivity index (χ0v) is 17.5. The van der Waals surface area contributed by atoms with Crippen LogP contribution in [0.5, 0.6) is 0 Å². The first kappa shape index (κ1) is 20.0. The molecule has 3 heterocycles. The summed E-state index contributed by atoms with van der Waals surface area (Å²) in [6.45, 7) is 5.06. The van der Waals surface area contributed by atoms with E-state index in [-0.39, 0.29) is 17.8 Å². The summed E-state index contributed by atoms with van der Waals surface area (Å²) in [6, 6.07) is 6.55. The van der Waals surface area contributed by atoms with Crippen molar-refractivity contribution in [3.05, 3.63) is 69.4 Å². The van der Waals surface area contributed by atoms with Gasteiger partial charge in [0.2, 0.25) is 5.91 Å². The van der Waals surface area contributed by atoms with Crippen molar-refractivity contribution in [2.45, 2.75) is 26.1 Å². The highest BCUT2D eigenvalue weighted by atomic mass is 35.5. The molecule has 0 saturated carbocycles. The first-order valence-corrected chi connectivity index (χ1v) is 10.6. The van der Waals surface area contributed by atoms with Gasteiger partial charge >= 0.3 is 0 Å². The molecule has 29 heavy (non-hydrogen) atoms. The Labute approximate surface area is 177 Å². The van der Waals surface area contributed by atoms with Crippen LogP contribution in [0.2, 0.25) is 4.47 Å². The number of thiazole rings is 1. The molecule has 3 aromatic rings. The molecule has 1 aliphatic rings. The Morgan fingerprint density at radius 2 is 2.00 bits per heavy atom. The highest BCUT2D eigenvalue weighted by molar-refractivity contribution is 7.15. The molecule has 1 fully saturated rings. The lowest BCUT2D eigenvalue weighted by molar-refractivity contribution is -0.136. The molecule has 1 aliphatic heterocycles. The molecule has 6 nitrogen and oxygen atoms in total. The van der Waals surface area contributed by atoms with E-state index in [4.69, 9.17) is 11.6 Å². The minimum atomic E-state index is -0.246. The second kappa shape index (κ2) is 8.61. The molecule has 1 unspecified atom stereocenters. The van der Waals surface area contributed by atoms with Gasteiger partial charge in [0, 0.05) is 36.9 Å². The molecule has 0 aliphatic carbocycles. The number of piperazine rings is 1. The van der Waals surface area contributed by atoms with Crippen LogP contribution in [0.4, 0.5) is 4.39 Å². The van der Waals surface area contributed by atoms with Gasteiger partial charge in [-0.1, -0.05) is 23.7 Å². The number of carbonyl (C=O) groups is 1. The van der Waals surface area contributed by atoms with Crippen molar-refractivity contribution in [2.24, 2.45) is 0 Å². The third-order valence-electron chi connectivity index (χ3n) is 5.17. The predicted molar refractivity (Wildman–Crippen MR) is 110 cm³/mol. The van der Waals surface area contributed by atoms with Crippen LogP contribution < -0.4 is 0 Å². The molecule has 0 N–H and O–H groups in total. The topological polar surface area (TPSA) is 54.3 Å². The summed E-state index contributed by atoms with van der Waals surface area (Å²) in [4.78, 5) is 25.9. The van der Waals surface area contributed by atoms with E-state index in [0.29, 0.717) is 30.6 Å². The molecule has 0 bridgehead atoms. The standard InChI is InChI=1S/C20H21ClFN5OS/c1-14(15-2-4-16(22)5-3-15)27-13-23-8-17(27)10-25-6-7-26(19(28)12-25)11-18-9-24-20(21)29-18/h2-5,8-9,13-14H,6-7,10-12H2,1H3. The second-order valence-corrected chi connectivity index (χ2v) is 8.82. The molecule has 1 atom stereocenters. The fourth-order valence-corrected chi connectivity index (χ4v) is 4.53. The van der Waals surface area contributed by atoms with E-state index in [1.807, 2.05) is 11.1 Å². The van der Waals surface area contributed by atoms with Crippen LogP contribution in [-0.2, 0) is 17.9 Å². The number of hydrogen-bond donors (Lipinski definition) is 0. The van der Waals surface area contributed by atoms with E-state index < -0.39 is 0 Å². The van der Waals surface area contributed by atoms with Crippen molar-refractivity contribution in [1.29, 1.82) is 0 Å². The third kappa shape index (κ3) is 4.66. The number of hydrogen-bond acceptors (Lipinski definition) is 5. The van der Waals surface area contributed by atoms with Crippen LogP contribution in [0, 0.1) is 5.82 Å². The predicted octanol–water partition coefficient (Wildman–Crippen LogP) is 3.59. The van der Waals surface area contributed by atoms with E-state index in [0.717, 1.165) is 22.7 Å². The van der Waals surface area contributed by atoms with Gasteiger partial charge in [0.15, 0.2) is 4.47 Å². The van der Waals surface area contributed by atoms with Crippen LogP contribution in [-0.4, -0.2) is 49.9 Å². The number of carbonyl (C=O) groups excluding carboxylic acids is 1. The van der Waals surface area contributed by atoms with Crippen LogP contribution in [0.15, 0.2) is 43.0 Å². The Kier molecular flexibility index (Phi) is 5.94. The monoisotopic (exact) mass is 433 g/mol. The van der Waals surface area contributed by atoms with Crippen molar-refractivity contribution in [3.8, 4) is 0 Å². The summed E-state index contributed by atoms with van der Waals surface area (Å²) < 4.78 is 15.8. The van der Waals surface area contributed by atoms with Crippen LogP contribution in [0.1, 0.15) is 29.1 Å². The van der Waals surface area contributed by atoms with Crippen molar-refractivity contribution in [3.63, 3.8) is 0 Å². The molecule has 4 rings (SSSR count). The van der Waals surface area contributed by atoms with Crippen LogP contribution in [0.25, 0.3) is 0 Å². The Bertz CT molecular complexity index is 989. The lowest BCUT2D eigenvalue weighted by Crippen LogP contribution is -2.49. The average molecular weight is 434 g/mol. The Balaban J connectivity index is 1.39. The summed E-state index contributed by atoms with van der Waals surface area (Å²) in [5.41, 5.74) is 2.03. The second-order valence-electron chi connectivity index (χ2n) is 7.13. The molecule has 0 spiro atoms. The Morgan fingerprint density at radius 3 is 2.69 bits per heavy atom. The van der Waals surface area contributed by atoms with Gasteiger partial charge in [-0.15, -0.1) is 11.3 Å². The maximum atomic E-state index is 13.2. The number of aromatic nitrogens is 3. The highest BCUT2D eigenvalue weighted by Gasteiger charge is 2.25. The van der Waals surface area contributed by atoms with Crippen LogP contribution >= 0.6 is 22.9 Å². The summed E-state index contributed by atoms with van der Waals surface area (Å²) in [6.07, 6.45) is 5.34. The smallest absolute Gasteiger partial charge is 0.237 e. The summed E-state index contributed by atoms with van der Waals surface area (Å²) in [5, 5.41) is 0. The number of nitrogens with zero attached hydrogens (tertiary/aromatic N) is 5. The molecule has 1 amide bonds. The van der Waals surface area contributed by atoms with E-state index >= 15 is 0 Å². The fourth-order valence-electron chi connectivity index (χ4n) is 3.54. The molecule has 152 valence electrons. The maximum Gasteiger partial charge on any atom is 0.237 e. The molecule has 2 aromatic heterocycles. The first-order chi connectivity index (χ1) is 14.0. The molecule has 0 radical (unpaired) electrons. The molecular formula is C20H21ClFN5OS. The number of benzene rings is 1. The zero-order chi connectivity index (χ0) is 20.4.